The smallest absolute Gasteiger partial charge is 0.408 e. The molecular weight excluding hydrogens is 476 g/mol. The van der Waals surface area contributed by atoms with E-state index < -0.39 is 36.1 Å². The van der Waals surface area contributed by atoms with Crippen molar-refractivity contribution < 1.29 is 28.7 Å². The fourth-order valence-corrected chi connectivity index (χ4v) is 3.29. The van der Waals surface area contributed by atoms with Gasteiger partial charge in [0.05, 0.1) is 6.67 Å². The molecule has 0 bridgehead atoms. The highest BCUT2D eigenvalue weighted by Crippen LogP contribution is 2.06. The van der Waals surface area contributed by atoms with Crippen molar-refractivity contribution in [3.8, 4) is 0 Å². The molecule has 10 nitrogen and oxygen atoms in total. The van der Waals surface area contributed by atoms with E-state index in [4.69, 9.17) is 9.47 Å². The predicted octanol–water partition coefficient (Wildman–Crippen LogP) is 3.08. The van der Waals surface area contributed by atoms with Gasteiger partial charge in [0.2, 0.25) is 11.8 Å². The second kappa shape index (κ2) is 15.1. The summed E-state index contributed by atoms with van der Waals surface area (Å²) < 4.78 is 10.4. The summed E-state index contributed by atoms with van der Waals surface area (Å²) in [5, 5.41) is 10.3. The highest BCUT2D eigenvalue weighted by Gasteiger charge is 2.27. The number of hydrogen-bond acceptors (Lipinski definition) is 6. The molecule has 4 amide bonds. The Balaban J connectivity index is 1.79. The molecule has 0 unspecified atom stereocenters. The summed E-state index contributed by atoms with van der Waals surface area (Å²) in [5.74, 6) is -1.43. The van der Waals surface area contributed by atoms with Gasteiger partial charge < -0.3 is 30.7 Å². The van der Waals surface area contributed by atoms with Crippen LogP contribution in [0.1, 0.15) is 38.8 Å². The van der Waals surface area contributed by atoms with Crippen LogP contribution in [0.15, 0.2) is 60.7 Å². The van der Waals surface area contributed by atoms with Crippen LogP contribution < -0.4 is 21.3 Å². The van der Waals surface area contributed by atoms with Crippen LogP contribution in [0.25, 0.3) is 0 Å². The second-order valence-electron chi connectivity index (χ2n) is 9.11. The number of amides is 4. The van der Waals surface area contributed by atoms with E-state index in [0.717, 1.165) is 11.1 Å². The summed E-state index contributed by atoms with van der Waals surface area (Å²) in [4.78, 5) is 49.7. The minimum Gasteiger partial charge on any atom is -0.445 e. The van der Waals surface area contributed by atoms with Crippen LogP contribution in [-0.4, -0.2) is 42.8 Å². The van der Waals surface area contributed by atoms with Crippen LogP contribution in [0.3, 0.4) is 0 Å². The minimum atomic E-state index is -0.868. The summed E-state index contributed by atoms with van der Waals surface area (Å²) in [6, 6.07) is 16.6. The van der Waals surface area contributed by atoms with Gasteiger partial charge in [-0.1, -0.05) is 88.4 Å². The summed E-state index contributed by atoms with van der Waals surface area (Å²) in [6.07, 6.45) is -1.44. The predicted molar refractivity (Wildman–Crippen MR) is 138 cm³/mol. The average Bonchev–Trinajstić information content (AvgIpc) is 2.88. The van der Waals surface area contributed by atoms with Crippen molar-refractivity contribution in [2.45, 2.75) is 53.0 Å². The molecule has 0 fully saturated rings. The average molecular weight is 513 g/mol. The monoisotopic (exact) mass is 512 g/mol. The molecule has 0 aliphatic heterocycles. The van der Waals surface area contributed by atoms with Gasteiger partial charge in [0, 0.05) is 0 Å². The standard InChI is InChI=1S/C27H36N4O6/c1-18(2)22(30-26(34)36-15-20-11-7-5-8-12-20)24(32)28-17-29-25(33)23(19(3)4)31-27(35)37-16-21-13-9-6-10-14-21/h5-14,18-19,22-23H,15-17H2,1-4H3,(H,28,32)(H,29,33)(H,30,34)(H,31,35)/t22-,23-/m0/s1. The van der Waals surface area contributed by atoms with Gasteiger partial charge >= 0.3 is 12.2 Å². The maximum atomic E-state index is 12.7. The molecule has 37 heavy (non-hydrogen) atoms. The first-order chi connectivity index (χ1) is 17.7. The fraction of sp³-hybridized carbons (Fsp3) is 0.407. The summed E-state index contributed by atoms with van der Waals surface area (Å²) in [6.45, 7) is 7.07. The third kappa shape index (κ3) is 10.6. The largest absolute Gasteiger partial charge is 0.445 e. The Morgan fingerprint density at radius 2 is 0.973 bits per heavy atom. The van der Waals surface area contributed by atoms with Crippen molar-refractivity contribution in [3.05, 3.63) is 71.8 Å². The zero-order chi connectivity index (χ0) is 27.2. The molecule has 2 aromatic rings. The maximum Gasteiger partial charge on any atom is 0.408 e. The first kappa shape index (κ1) is 29.2. The lowest BCUT2D eigenvalue weighted by molar-refractivity contribution is -0.126. The minimum absolute atomic E-state index is 0.0759. The van der Waals surface area contributed by atoms with Gasteiger partial charge in [-0.2, -0.15) is 0 Å². The van der Waals surface area contributed by atoms with Gasteiger partial charge in [0.25, 0.3) is 0 Å². The molecule has 200 valence electrons. The van der Waals surface area contributed by atoms with Crippen LogP contribution in [0, 0.1) is 11.8 Å². The molecule has 0 saturated carbocycles. The zero-order valence-electron chi connectivity index (χ0n) is 21.7. The number of hydrogen-bond donors (Lipinski definition) is 4. The molecule has 0 saturated heterocycles. The third-order valence-corrected chi connectivity index (χ3v) is 5.40. The van der Waals surface area contributed by atoms with Gasteiger partial charge in [-0.3, -0.25) is 9.59 Å². The van der Waals surface area contributed by atoms with Gasteiger partial charge in [-0.05, 0) is 23.0 Å². The third-order valence-electron chi connectivity index (χ3n) is 5.40. The van der Waals surface area contributed by atoms with E-state index >= 15 is 0 Å². The Kier molecular flexibility index (Phi) is 11.9. The van der Waals surface area contributed by atoms with Crippen molar-refractivity contribution in [2.75, 3.05) is 6.67 Å². The Morgan fingerprint density at radius 3 is 1.30 bits per heavy atom. The Morgan fingerprint density at radius 1 is 0.622 bits per heavy atom. The van der Waals surface area contributed by atoms with Crippen molar-refractivity contribution in [1.82, 2.24) is 21.3 Å². The van der Waals surface area contributed by atoms with E-state index in [-0.39, 0.29) is 31.7 Å². The second-order valence-corrected chi connectivity index (χ2v) is 9.11. The topological polar surface area (TPSA) is 135 Å². The van der Waals surface area contributed by atoms with Crippen LogP contribution in [0.2, 0.25) is 0 Å². The van der Waals surface area contributed by atoms with E-state index in [1.807, 2.05) is 60.7 Å². The molecule has 10 heteroatoms. The lowest BCUT2D eigenvalue weighted by Crippen LogP contribution is -2.54. The van der Waals surface area contributed by atoms with E-state index in [1.165, 1.54) is 0 Å². The molecule has 0 aliphatic rings. The highest BCUT2D eigenvalue weighted by molar-refractivity contribution is 5.88. The first-order valence-electron chi connectivity index (χ1n) is 12.2. The molecule has 0 aliphatic carbocycles. The summed E-state index contributed by atoms with van der Waals surface area (Å²) >= 11 is 0. The van der Waals surface area contributed by atoms with Crippen molar-refractivity contribution in [3.63, 3.8) is 0 Å². The quantitative estimate of drug-likeness (QED) is 0.323. The van der Waals surface area contributed by atoms with E-state index in [9.17, 15) is 19.2 Å². The summed E-state index contributed by atoms with van der Waals surface area (Å²) in [5.41, 5.74) is 1.64. The van der Waals surface area contributed by atoms with Crippen molar-refractivity contribution in [2.24, 2.45) is 11.8 Å². The van der Waals surface area contributed by atoms with Gasteiger partial charge in [0.15, 0.2) is 0 Å². The molecule has 2 atom stereocenters. The van der Waals surface area contributed by atoms with Crippen LogP contribution >= 0.6 is 0 Å². The summed E-state index contributed by atoms with van der Waals surface area (Å²) in [7, 11) is 0. The number of ether oxygens (including phenoxy) is 2. The maximum absolute atomic E-state index is 12.7. The number of nitrogens with one attached hydrogen (secondary N) is 4. The highest BCUT2D eigenvalue weighted by atomic mass is 16.6. The number of alkyl carbamates (subject to hydrolysis) is 2. The first-order valence-corrected chi connectivity index (χ1v) is 12.2. The number of carbonyl (C=O) groups is 4. The Hall–Kier alpha value is -4.08. The fourth-order valence-electron chi connectivity index (χ4n) is 3.29. The lowest BCUT2D eigenvalue weighted by atomic mass is 10.0. The van der Waals surface area contributed by atoms with Crippen LogP contribution in [0.5, 0.6) is 0 Å². The van der Waals surface area contributed by atoms with Crippen LogP contribution in [0.4, 0.5) is 9.59 Å². The molecule has 4 N–H and O–H groups in total. The lowest BCUT2D eigenvalue weighted by Gasteiger charge is -2.23. The Bertz CT molecular complexity index is 933. The molecular formula is C27H36N4O6. The van der Waals surface area contributed by atoms with E-state index in [2.05, 4.69) is 21.3 Å². The number of benzene rings is 2. The normalized spacial score (nSPS) is 12.3. The molecule has 0 aromatic heterocycles. The van der Waals surface area contributed by atoms with Gasteiger partial charge in [-0.25, -0.2) is 9.59 Å². The molecule has 2 aromatic carbocycles. The molecule has 0 spiro atoms. The number of rotatable bonds is 12. The Labute approximate surface area is 217 Å². The van der Waals surface area contributed by atoms with Crippen molar-refractivity contribution >= 4 is 24.0 Å². The molecule has 0 radical (unpaired) electrons. The van der Waals surface area contributed by atoms with Crippen molar-refractivity contribution in [1.29, 1.82) is 0 Å². The van der Waals surface area contributed by atoms with Crippen LogP contribution in [-0.2, 0) is 32.3 Å². The van der Waals surface area contributed by atoms with E-state index in [1.54, 1.807) is 27.7 Å². The van der Waals surface area contributed by atoms with Gasteiger partial charge in [0.1, 0.15) is 25.3 Å². The van der Waals surface area contributed by atoms with Gasteiger partial charge in [-0.15, -0.1) is 0 Å². The number of carbonyl (C=O) groups excluding carboxylic acids is 4. The SMILES string of the molecule is CC(C)[C@H](NC(=O)OCc1ccccc1)C(=O)NCNC(=O)[C@@H](NC(=O)OCc1ccccc1)C(C)C. The zero-order valence-corrected chi connectivity index (χ0v) is 21.7. The molecule has 0 heterocycles. The van der Waals surface area contributed by atoms with E-state index in [0.29, 0.717) is 0 Å². The molecule has 2 rings (SSSR count).